The van der Waals surface area contributed by atoms with Gasteiger partial charge in [0.2, 0.25) is 0 Å². The number of carbonyl (C=O) groups excluding carboxylic acids is 1. The fourth-order valence-corrected chi connectivity index (χ4v) is 2.80. The zero-order valence-electron chi connectivity index (χ0n) is 18.2. The Balaban J connectivity index is 0.00000204. The minimum absolute atomic E-state index is 0.0758. The van der Waals surface area contributed by atoms with Crippen LogP contribution in [-0.4, -0.2) is 29.5 Å². The fraction of sp³-hybridized carbons (Fsp3) is 0.250. The van der Waals surface area contributed by atoms with E-state index in [-0.39, 0.29) is 5.57 Å². The minimum Gasteiger partial charge on any atom is -0.378 e. The Morgan fingerprint density at radius 3 is 2.38 bits per heavy atom. The van der Waals surface area contributed by atoms with Crippen LogP contribution in [0.5, 0.6) is 0 Å². The van der Waals surface area contributed by atoms with Gasteiger partial charge in [-0.25, -0.2) is 0 Å². The number of amides is 1. The van der Waals surface area contributed by atoms with Crippen molar-refractivity contribution in [2.75, 3.05) is 14.1 Å². The lowest BCUT2D eigenvalue weighted by atomic mass is 10.1. The van der Waals surface area contributed by atoms with Gasteiger partial charge in [-0.3, -0.25) is 4.79 Å². The van der Waals surface area contributed by atoms with E-state index in [0.717, 1.165) is 33.1 Å². The highest BCUT2D eigenvalue weighted by Gasteiger charge is 2.09. The van der Waals surface area contributed by atoms with Gasteiger partial charge in [-0.1, -0.05) is 38.6 Å². The molecule has 0 radical (unpaired) electrons. The van der Waals surface area contributed by atoms with Crippen molar-refractivity contribution >= 4 is 24.6 Å². The minimum atomic E-state index is -0.735. The Morgan fingerprint density at radius 1 is 1.24 bits per heavy atom. The standard InChI is InChI=1S/C22H24N4O.C2H6/c1-6-19(25(3)4)12-16-7-8-17(11-15(16)2)21-10-9-20(26(21)5)13-18(14-23)22(24)27;1-2/h6-13H,2H2,1,3-5H3,(H2,24,27);1-2H3/b16-12-,18-13+,19-6+;. The van der Waals surface area contributed by atoms with E-state index >= 15 is 0 Å². The first-order valence-electron chi connectivity index (χ1n) is 9.50. The number of aromatic nitrogens is 1. The summed E-state index contributed by atoms with van der Waals surface area (Å²) < 4.78 is 1.91. The highest BCUT2D eigenvalue weighted by molar-refractivity contribution is 6.00. The number of allylic oxidation sites excluding steroid dienone is 2. The first kappa shape index (κ1) is 23.5. The first-order chi connectivity index (χ1) is 13.8. The van der Waals surface area contributed by atoms with Gasteiger partial charge in [0, 0.05) is 38.2 Å². The topological polar surface area (TPSA) is 75.0 Å². The smallest absolute Gasteiger partial charge is 0.259 e. The predicted molar refractivity (Wildman–Crippen MR) is 122 cm³/mol. The SMILES string of the molecule is C=c1cc(-c2ccc(/C=C(\C#N)C(N)=O)n2C)cc/c1=C/C(=C\C)N(C)C.CC. The molecule has 2 N–H and O–H groups in total. The third kappa shape index (κ3) is 5.73. The van der Waals surface area contributed by atoms with E-state index in [1.807, 2.05) is 82.9 Å². The van der Waals surface area contributed by atoms with E-state index in [9.17, 15) is 4.79 Å². The molecule has 0 fully saturated rings. The maximum atomic E-state index is 11.3. The van der Waals surface area contributed by atoms with Gasteiger partial charge in [0.1, 0.15) is 11.6 Å². The van der Waals surface area contributed by atoms with Crippen molar-refractivity contribution in [1.82, 2.24) is 9.47 Å². The van der Waals surface area contributed by atoms with Crippen molar-refractivity contribution in [3.05, 3.63) is 63.8 Å². The van der Waals surface area contributed by atoms with Gasteiger partial charge in [0.25, 0.3) is 5.91 Å². The lowest BCUT2D eigenvalue weighted by Crippen LogP contribution is -2.24. The summed E-state index contributed by atoms with van der Waals surface area (Å²) in [6, 6.07) is 11.7. The summed E-state index contributed by atoms with van der Waals surface area (Å²) in [6.45, 7) is 10.2. The van der Waals surface area contributed by atoms with Crippen molar-refractivity contribution in [2.45, 2.75) is 20.8 Å². The van der Waals surface area contributed by atoms with Gasteiger partial charge >= 0.3 is 0 Å². The van der Waals surface area contributed by atoms with E-state index in [4.69, 9.17) is 11.0 Å². The molecule has 0 aliphatic carbocycles. The zero-order chi connectivity index (χ0) is 22.1. The number of rotatable bonds is 5. The number of benzene rings is 1. The van der Waals surface area contributed by atoms with Crippen LogP contribution in [0, 0.1) is 11.3 Å². The summed E-state index contributed by atoms with van der Waals surface area (Å²) in [7, 11) is 5.89. The summed E-state index contributed by atoms with van der Waals surface area (Å²) in [4.78, 5) is 13.3. The van der Waals surface area contributed by atoms with Gasteiger partial charge in [-0.15, -0.1) is 0 Å². The van der Waals surface area contributed by atoms with Gasteiger partial charge in [-0.05, 0) is 53.3 Å². The van der Waals surface area contributed by atoms with E-state index in [1.165, 1.54) is 6.08 Å². The highest BCUT2D eigenvalue weighted by Crippen LogP contribution is 2.21. The number of nitriles is 1. The molecule has 0 atom stereocenters. The third-order valence-corrected chi connectivity index (χ3v) is 4.39. The number of nitrogens with zero attached hydrogens (tertiary/aromatic N) is 3. The monoisotopic (exact) mass is 390 g/mol. The van der Waals surface area contributed by atoms with Crippen LogP contribution in [0.3, 0.4) is 0 Å². The number of hydrogen-bond donors (Lipinski definition) is 1. The lowest BCUT2D eigenvalue weighted by molar-refractivity contribution is -0.114. The number of nitrogens with two attached hydrogens (primary N) is 1. The van der Waals surface area contributed by atoms with Crippen molar-refractivity contribution in [1.29, 1.82) is 5.26 Å². The van der Waals surface area contributed by atoms with Crippen molar-refractivity contribution in [3.63, 3.8) is 0 Å². The second-order valence-electron chi connectivity index (χ2n) is 6.40. The molecule has 5 nitrogen and oxygen atoms in total. The molecule has 5 heteroatoms. The fourth-order valence-electron chi connectivity index (χ4n) is 2.80. The van der Waals surface area contributed by atoms with Crippen LogP contribution in [0.1, 0.15) is 26.5 Å². The molecule has 0 unspecified atom stereocenters. The van der Waals surface area contributed by atoms with E-state index in [1.54, 1.807) is 0 Å². The molecule has 0 aliphatic heterocycles. The molecule has 0 saturated carbocycles. The third-order valence-electron chi connectivity index (χ3n) is 4.39. The van der Waals surface area contributed by atoms with E-state index in [2.05, 4.69) is 23.6 Å². The molecule has 0 bridgehead atoms. The van der Waals surface area contributed by atoms with Crippen LogP contribution in [0.25, 0.3) is 30.0 Å². The second-order valence-corrected chi connectivity index (χ2v) is 6.40. The van der Waals surface area contributed by atoms with Gasteiger partial charge < -0.3 is 15.2 Å². The Kier molecular flexibility index (Phi) is 8.69. The molecule has 1 heterocycles. The van der Waals surface area contributed by atoms with Crippen LogP contribution in [0.4, 0.5) is 0 Å². The normalized spacial score (nSPS) is 12.1. The molecule has 2 aromatic rings. The van der Waals surface area contributed by atoms with Crippen LogP contribution >= 0.6 is 0 Å². The Bertz CT molecular complexity index is 1080. The number of primary amides is 1. The van der Waals surface area contributed by atoms with Crippen molar-refractivity contribution < 1.29 is 4.79 Å². The molecular weight excluding hydrogens is 360 g/mol. The maximum Gasteiger partial charge on any atom is 0.259 e. The molecule has 1 amide bonds. The average Bonchev–Trinajstić information content (AvgIpc) is 3.06. The number of carbonyl (C=O) groups is 1. The molecule has 1 aromatic carbocycles. The zero-order valence-corrected chi connectivity index (χ0v) is 18.2. The lowest BCUT2D eigenvalue weighted by Gasteiger charge is -2.13. The van der Waals surface area contributed by atoms with Crippen molar-refractivity contribution in [3.8, 4) is 17.3 Å². The summed E-state index contributed by atoms with van der Waals surface area (Å²) in [5, 5.41) is 11.0. The average molecular weight is 391 g/mol. The summed E-state index contributed by atoms with van der Waals surface area (Å²) in [5.74, 6) is -0.735. The maximum absolute atomic E-state index is 11.3. The molecule has 152 valence electrons. The summed E-state index contributed by atoms with van der Waals surface area (Å²) in [6.07, 6.45) is 5.64. The molecule has 29 heavy (non-hydrogen) atoms. The highest BCUT2D eigenvalue weighted by atomic mass is 16.1. The predicted octanol–water partition coefficient (Wildman–Crippen LogP) is 2.77. The summed E-state index contributed by atoms with van der Waals surface area (Å²) >= 11 is 0. The van der Waals surface area contributed by atoms with Crippen LogP contribution in [-0.2, 0) is 11.8 Å². The quantitative estimate of drug-likeness (QED) is 0.630. The largest absolute Gasteiger partial charge is 0.378 e. The van der Waals surface area contributed by atoms with E-state index < -0.39 is 5.91 Å². The van der Waals surface area contributed by atoms with Gasteiger partial charge in [0.15, 0.2) is 0 Å². The first-order valence-corrected chi connectivity index (χ1v) is 9.50. The molecule has 0 spiro atoms. The Morgan fingerprint density at radius 2 is 1.90 bits per heavy atom. The van der Waals surface area contributed by atoms with Crippen LogP contribution in [0.2, 0.25) is 0 Å². The Hall–Kier alpha value is -3.52. The molecule has 0 saturated heterocycles. The Labute approximate surface area is 173 Å². The molecule has 0 aliphatic rings. The second kappa shape index (κ2) is 10.7. The van der Waals surface area contributed by atoms with E-state index in [0.29, 0.717) is 0 Å². The molecule has 1 aromatic heterocycles. The molecular formula is C24H30N4O. The summed E-state index contributed by atoms with van der Waals surface area (Å²) in [5.41, 5.74) is 8.93. The van der Waals surface area contributed by atoms with Gasteiger partial charge in [0.05, 0.1) is 0 Å². The number of hydrogen-bond acceptors (Lipinski definition) is 3. The van der Waals surface area contributed by atoms with Crippen LogP contribution < -0.4 is 16.2 Å². The van der Waals surface area contributed by atoms with Crippen molar-refractivity contribution in [2.24, 2.45) is 12.8 Å². The van der Waals surface area contributed by atoms with Gasteiger partial charge in [-0.2, -0.15) is 5.26 Å². The molecule has 2 rings (SSSR count). The van der Waals surface area contributed by atoms with Crippen LogP contribution in [0.15, 0.2) is 47.7 Å².